The predicted octanol–water partition coefficient (Wildman–Crippen LogP) is 4.40. The highest BCUT2D eigenvalue weighted by Gasteiger charge is 2.22. The van der Waals surface area contributed by atoms with E-state index in [4.69, 9.17) is 11.6 Å². The molecule has 15 heavy (non-hydrogen) atoms. The standard InChI is InChI=1S/C13H16ClF/c1-9-5-6-12(15)8-13(9)10-3-2-4-11(14)7-10/h5-6,8,10-11H,2-4,7H2,1H3. The van der Waals surface area contributed by atoms with E-state index in [1.54, 1.807) is 6.07 Å². The first kappa shape index (κ1) is 10.9. The van der Waals surface area contributed by atoms with Crippen molar-refractivity contribution in [2.75, 3.05) is 0 Å². The van der Waals surface area contributed by atoms with Crippen molar-refractivity contribution in [3.05, 3.63) is 35.1 Å². The number of hydrogen-bond acceptors (Lipinski definition) is 0. The van der Waals surface area contributed by atoms with Crippen molar-refractivity contribution in [3.8, 4) is 0 Å². The van der Waals surface area contributed by atoms with E-state index < -0.39 is 0 Å². The van der Waals surface area contributed by atoms with Crippen LogP contribution in [0.4, 0.5) is 4.39 Å². The van der Waals surface area contributed by atoms with Crippen LogP contribution in [0.2, 0.25) is 0 Å². The Morgan fingerprint density at radius 2 is 2.13 bits per heavy atom. The maximum Gasteiger partial charge on any atom is 0.123 e. The van der Waals surface area contributed by atoms with Gasteiger partial charge in [-0.05, 0) is 55.4 Å². The van der Waals surface area contributed by atoms with Gasteiger partial charge in [-0.15, -0.1) is 11.6 Å². The minimum atomic E-state index is -0.132. The molecule has 0 aliphatic heterocycles. The van der Waals surface area contributed by atoms with E-state index in [1.165, 1.54) is 11.6 Å². The molecule has 1 aromatic rings. The SMILES string of the molecule is Cc1ccc(F)cc1C1CCCC(Cl)C1. The van der Waals surface area contributed by atoms with Crippen LogP contribution in [-0.2, 0) is 0 Å². The van der Waals surface area contributed by atoms with Gasteiger partial charge in [-0.2, -0.15) is 0 Å². The van der Waals surface area contributed by atoms with E-state index in [2.05, 4.69) is 0 Å². The first-order valence-corrected chi connectivity index (χ1v) is 6.00. The van der Waals surface area contributed by atoms with Crippen LogP contribution < -0.4 is 0 Å². The van der Waals surface area contributed by atoms with Crippen LogP contribution >= 0.6 is 11.6 Å². The summed E-state index contributed by atoms with van der Waals surface area (Å²) in [5.74, 6) is 0.323. The van der Waals surface area contributed by atoms with Gasteiger partial charge in [-0.1, -0.05) is 12.5 Å². The van der Waals surface area contributed by atoms with Crippen molar-refractivity contribution < 1.29 is 4.39 Å². The summed E-state index contributed by atoms with van der Waals surface area (Å²) < 4.78 is 13.2. The smallest absolute Gasteiger partial charge is 0.123 e. The number of aryl methyl sites for hydroxylation is 1. The predicted molar refractivity (Wildman–Crippen MR) is 62.0 cm³/mol. The van der Waals surface area contributed by atoms with Gasteiger partial charge in [0.25, 0.3) is 0 Å². The molecule has 1 aromatic carbocycles. The zero-order valence-corrected chi connectivity index (χ0v) is 9.73. The van der Waals surface area contributed by atoms with Gasteiger partial charge in [0.1, 0.15) is 5.82 Å². The summed E-state index contributed by atoms with van der Waals surface area (Å²) in [7, 11) is 0. The van der Waals surface area contributed by atoms with E-state index >= 15 is 0 Å². The number of hydrogen-bond donors (Lipinski definition) is 0. The third-order valence-corrected chi connectivity index (χ3v) is 3.69. The molecule has 0 spiro atoms. The molecule has 2 unspecified atom stereocenters. The van der Waals surface area contributed by atoms with Crippen LogP contribution in [0.15, 0.2) is 18.2 Å². The van der Waals surface area contributed by atoms with E-state index in [0.29, 0.717) is 5.92 Å². The Bertz CT molecular complexity index is 348. The molecule has 2 rings (SSSR count). The summed E-state index contributed by atoms with van der Waals surface area (Å²) in [6.07, 6.45) is 4.40. The van der Waals surface area contributed by atoms with Crippen LogP contribution in [0.25, 0.3) is 0 Å². The molecule has 1 aliphatic rings. The largest absolute Gasteiger partial charge is 0.207 e. The van der Waals surface area contributed by atoms with Crippen LogP contribution in [-0.4, -0.2) is 5.38 Å². The summed E-state index contributed by atoms with van der Waals surface area (Å²) >= 11 is 6.16. The molecule has 0 N–H and O–H groups in total. The van der Waals surface area contributed by atoms with E-state index in [1.807, 2.05) is 13.0 Å². The highest BCUT2D eigenvalue weighted by molar-refractivity contribution is 6.20. The molecule has 0 heterocycles. The van der Waals surface area contributed by atoms with Crippen molar-refractivity contribution in [2.45, 2.75) is 43.9 Å². The first-order valence-electron chi connectivity index (χ1n) is 5.57. The monoisotopic (exact) mass is 226 g/mol. The van der Waals surface area contributed by atoms with Gasteiger partial charge in [0.2, 0.25) is 0 Å². The highest BCUT2D eigenvalue weighted by Crippen LogP contribution is 2.36. The average Bonchev–Trinajstić information content (AvgIpc) is 2.22. The summed E-state index contributed by atoms with van der Waals surface area (Å²) in [4.78, 5) is 0. The third-order valence-electron chi connectivity index (χ3n) is 3.29. The summed E-state index contributed by atoms with van der Waals surface area (Å²) in [6, 6.07) is 5.07. The number of alkyl halides is 1. The van der Waals surface area contributed by atoms with Crippen molar-refractivity contribution in [2.24, 2.45) is 0 Å². The Labute approximate surface area is 95.4 Å². The van der Waals surface area contributed by atoms with Crippen LogP contribution in [0.3, 0.4) is 0 Å². The fourth-order valence-electron chi connectivity index (χ4n) is 2.46. The quantitative estimate of drug-likeness (QED) is 0.623. The van der Waals surface area contributed by atoms with Gasteiger partial charge in [-0.3, -0.25) is 0 Å². The molecule has 1 fully saturated rings. The Morgan fingerprint density at radius 3 is 2.87 bits per heavy atom. The molecule has 0 amide bonds. The molecule has 1 saturated carbocycles. The number of benzene rings is 1. The lowest BCUT2D eigenvalue weighted by Crippen LogP contribution is -2.14. The lowest BCUT2D eigenvalue weighted by atomic mass is 9.82. The molecule has 0 nitrogen and oxygen atoms in total. The van der Waals surface area contributed by atoms with Gasteiger partial charge in [0.15, 0.2) is 0 Å². The zero-order chi connectivity index (χ0) is 10.8. The highest BCUT2D eigenvalue weighted by atomic mass is 35.5. The van der Waals surface area contributed by atoms with Gasteiger partial charge < -0.3 is 0 Å². The van der Waals surface area contributed by atoms with Gasteiger partial charge >= 0.3 is 0 Å². The molecule has 0 saturated heterocycles. The van der Waals surface area contributed by atoms with Crippen molar-refractivity contribution in [3.63, 3.8) is 0 Å². The Morgan fingerprint density at radius 1 is 1.33 bits per heavy atom. The zero-order valence-electron chi connectivity index (χ0n) is 8.97. The lowest BCUT2D eigenvalue weighted by Gasteiger charge is -2.26. The third kappa shape index (κ3) is 2.52. The minimum Gasteiger partial charge on any atom is -0.207 e. The van der Waals surface area contributed by atoms with E-state index in [-0.39, 0.29) is 11.2 Å². The van der Waals surface area contributed by atoms with E-state index in [9.17, 15) is 4.39 Å². The second kappa shape index (κ2) is 4.52. The van der Waals surface area contributed by atoms with Gasteiger partial charge in [0.05, 0.1) is 0 Å². The van der Waals surface area contributed by atoms with Crippen molar-refractivity contribution in [1.82, 2.24) is 0 Å². The normalized spacial score (nSPS) is 26.6. The Balaban J connectivity index is 2.24. The summed E-state index contributed by atoms with van der Waals surface area (Å²) in [5.41, 5.74) is 2.34. The molecule has 2 heteroatoms. The maximum absolute atomic E-state index is 13.2. The van der Waals surface area contributed by atoms with Crippen LogP contribution in [0.5, 0.6) is 0 Å². The average molecular weight is 227 g/mol. The molecule has 0 radical (unpaired) electrons. The van der Waals surface area contributed by atoms with Crippen LogP contribution in [0, 0.1) is 12.7 Å². The first-order chi connectivity index (χ1) is 7.16. The molecule has 82 valence electrons. The molecule has 1 aliphatic carbocycles. The summed E-state index contributed by atoms with van der Waals surface area (Å²) in [5, 5.41) is 0.270. The van der Waals surface area contributed by atoms with Gasteiger partial charge in [-0.25, -0.2) is 4.39 Å². The number of rotatable bonds is 1. The summed E-state index contributed by atoms with van der Waals surface area (Å²) in [6.45, 7) is 2.05. The maximum atomic E-state index is 13.2. The Kier molecular flexibility index (Phi) is 3.30. The van der Waals surface area contributed by atoms with Gasteiger partial charge in [0, 0.05) is 5.38 Å². The Hall–Kier alpha value is -0.560. The van der Waals surface area contributed by atoms with E-state index in [0.717, 1.165) is 31.2 Å². The number of halogens is 2. The van der Waals surface area contributed by atoms with Crippen molar-refractivity contribution >= 4 is 11.6 Å². The molecular formula is C13H16ClF. The molecule has 2 atom stereocenters. The fourth-order valence-corrected chi connectivity index (χ4v) is 2.83. The minimum absolute atomic E-state index is 0.132. The fraction of sp³-hybridized carbons (Fsp3) is 0.538. The lowest BCUT2D eigenvalue weighted by molar-refractivity contribution is 0.446. The second-order valence-electron chi connectivity index (χ2n) is 4.46. The van der Waals surface area contributed by atoms with Crippen LogP contribution in [0.1, 0.15) is 42.7 Å². The van der Waals surface area contributed by atoms with Crippen molar-refractivity contribution in [1.29, 1.82) is 0 Å². The topological polar surface area (TPSA) is 0 Å². The molecule has 0 aromatic heterocycles. The second-order valence-corrected chi connectivity index (χ2v) is 5.08. The molecule has 0 bridgehead atoms. The molecular weight excluding hydrogens is 211 g/mol.